The molecule has 1 aromatic carbocycles. The summed E-state index contributed by atoms with van der Waals surface area (Å²) in [6.45, 7) is 5.13. The molecule has 0 radical (unpaired) electrons. The van der Waals surface area contributed by atoms with Crippen LogP contribution in [-0.4, -0.2) is 27.8 Å². The summed E-state index contributed by atoms with van der Waals surface area (Å²) in [7, 11) is 0. The number of hydrogen-bond acceptors (Lipinski definition) is 5. The first-order valence-electron chi connectivity index (χ1n) is 7.85. The molecule has 130 valence electrons. The number of rotatable bonds is 4. The molecule has 0 saturated carbocycles. The number of benzene rings is 1. The van der Waals surface area contributed by atoms with Crippen LogP contribution < -0.4 is 10.9 Å². The van der Waals surface area contributed by atoms with Gasteiger partial charge in [-0.2, -0.15) is 5.10 Å². The van der Waals surface area contributed by atoms with Gasteiger partial charge in [0.2, 0.25) is 0 Å². The van der Waals surface area contributed by atoms with Crippen LogP contribution in [0.3, 0.4) is 0 Å². The number of aromatic amines is 1. The molecule has 1 atom stereocenters. The number of furan rings is 1. The summed E-state index contributed by atoms with van der Waals surface area (Å²) in [5, 5.41) is 20.4. The zero-order chi connectivity index (χ0) is 18.2. The summed E-state index contributed by atoms with van der Waals surface area (Å²) in [4.78, 5) is 24.3. The van der Waals surface area contributed by atoms with Gasteiger partial charge in [0, 0.05) is 10.9 Å². The average Bonchev–Trinajstić information content (AvgIpc) is 2.93. The Kier molecular flexibility index (Phi) is 4.18. The first-order valence-corrected chi connectivity index (χ1v) is 7.85. The van der Waals surface area contributed by atoms with Gasteiger partial charge in [-0.05, 0) is 32.9 Å². The molecule has 0 spiro atoms. The van der Waals surface area contributed by atoms with Crippen molar-refractivity contribution in [3.05, 3.63) is 63.5 Å². The highest BCUT2D eigenvalue weighted by Gasteiger charge is 2.28. The number of nitrogens with one attached hydrogen (secondary N) is 2. The predicted octanol–water partition coefficient (Wildman–Crippen LogP) is 1.77. The van der Waals surface area contributed by atoms with Crippen LogP contribution in [0.2, 0.25) is 0 Å². The molecular formula is C18H19N3O4. The van der Waals surface area contributed by atoms with E-state index in [4.69, 9.17) is 4.42 Å². The smallest absolute Gasteiger partial charge is 0.272 e. The van der Waals surface area contributed by atoms with Gasteiger partial charge in [0.15, 0.2) is 5.69 Å². The number of aliphatic hydroxyl groups is 1. The molecule has 2 aromatic heterocycles. The van der Waals surface area contributed by atoms with Gasteiger partial charge in [-0.3, -0.25) is 9.59 Å². The lowest BCUT2D eigenvalue weighted by Crippen LogP contribution is -2.39. The maximum absolute atomic E-state index is 12.5. The van der Waals surface area contributed by atoms with Gasteiger partial charge in [0.05, 0.1) is 11.9 Å². The lowest BCUT2D eigenvalue weighted by Gasteiger charge is -2.23. The maximum atomic E-state index is 12.5. The third-order valence-corrected chi connectivity index (χ3v) is 4.13. The van der Waals surface area contributed by atoms with E-state index in [-0.39, 0.29) is 17.8 Å². The minimum Gasteiger partial charge on any atom is -0.466 e. The number of fused-ring (bicyclic) bond motifs is 1. The number of aryl methyl sites for hydroxylation is 2. The molecule has 0 bridgehead atoms. The molecule has 3 aromatic rings. The molecule has 7 nitrogen and oxygen atoms in total. The Morgan fingerprint density at radius 2 is 2.00 bits per heavy atom. The van der Waals surface area contributed by atoms with Crippen molar-refractivity contribution in [2.75, 3.05) is 6.54 Å². The number of nitrogens with zero attached hydrogens (tertiary/aromatic N) is 1. The molecule has 7 heteroatoms. The van der Waals surface area contributed by atoms with Gasteiger partial charge < -0.3 is 14.8 Å². The van der Waals surface area contributed by atoms with E-state index in [0.29, 0.717) is 27.9 Å². The number of hydrogen-bond donors (Lipinski definition) is 3. The Morgan fingerprint density at radius 1 is 1.32 bits per heavy atom. The van der Waals surface area contributed by atoms with E-state index in [9.17, 15) is 14.7 Å². The van der Waals surface area contributed by atoms with Gasteiger partial charge >= 0.3 is 0 Å². The van der Waals surface area contributed by atoms with Crippen LogP contribution in [0.15, 0.2) is 39.5 Å². The molecule has 3 N–H and O–H groups in total. The molecule has 0 saturated heterocycles. The topological polar surface area (TPSA) is 108 Å². The Labute approximate surface area is 143 Å². The molecule has 0 fully saturated rings. The summed E-state index contributed by atoms with van der Waals surface area (Å²) in [6.07, 6.45) is 0. The summed E-state index contributed by atoms with van der Waals surface area (Å²) >= 11 is 0. The standard InChI is InChI=1S/C18H19N3O4/c1-10-8-14(11(2)25-10)18(3,24)9-19-17(23)15-12-6-4-5-7-13(12)16(22)21-20-15/h4-8,24H,9H2,1-3H3,(H,19,23)(H,21,22). The van der Waals surface area contributed by atoms with Crippen molar-refractivity contribution in [2.24, 2.45) is 0 Å². The third-order valence-electron chi connectivity index (χ3n) is 4.13. The third kappa shape index (κ3) is 3.18. The highest BCUT2D eigenvalue weighted by Crippen LogP contribution is 2.26. The average molecular weight is 341 g/mol. The first-order chi connectivity index (χ1) is 11.8. The second-order valence-electron chi connectivity index (χ2n) is 6.23. The highest BCUT2D eigenvalue weighted by molar-refractivity contribution is 6.04. The zero-order valence-corrected chi connectivity index (χ0v) is 14.2. The van der Waals surface area contributed by atoms with Crippen molar-refractivity contribution >= 4 is 16.7 Å². The van der Waals surface area contributed by atoms with E-state index in [2.05, 4.69) is 15.5 Å². The monoisotopic (exact) mass is 341 g/mol. The molecule has 3 rings (SSSR count). The van der Waals surface area contributed by atoms with Gasteiger partial charge in [-0.25, -0.2) is 5.10 Å². The van der Waals surface area contributed by atoms with Gasteiger partial charge in [0.25, 0.3) is 11.5 Å². The van der Waals surface area contributed by atoms with Crippen molar-refractivity contribution in [3.63, 3.8) is 0 Å². The SMILES string of the molecule is Cc1cc(C(C)(O)CNC(=O)c2n[nH]c(=O)c3ccccc23)c(C)o1. The van der Waals surface area contributed by atoms with Crippen LogP contribution in [0.4, 0.5) is 0 Å². The minimum absolute atomic E-state index is 0.0270. The van der Waals surface area contributed by atoms with Crippen LogP contribution in [0.25, 0.3) is 10.8 Å². The van der Waals surface area contributed by atoms with E-state index in [0.717, 1.165) is 0 Å². The van der Waals surface area contributed by atoms with E-state index < -0.39 is 11.5 Å². The maximum Gasteiger partial charge on any atom is 0.272 e. The minimum atomic E-state index is -1.30. The fourth-order valence-electron chi connectivity index (χ4n) is 2.88. The van der Waals surface area contributed by atoms with Crippen LogP contribution in [-0.2, 0) is 5.60 Å². The van der Waals surface area contributed by atoms with Crippen LogP contribution in [0, 0.1) is 13.8 Å². The Morgan fingerprint density at radius 3 is 2.64 bits per heavy atom. The quantitative estimate of drug-likeness (QED) is 0.670. The van der Waals surface area contributed by atoms with E-state index in [1.807, 2.05) is 0 Å². The van der Waals surface area contributed by atoms with E-state index >= 15 is 0 Å². The number of aromatic nitrogens is 2. The molecule has 2 heterocycles. The second-order valence-corrected chi connectivity index (χ2v) is 6.23. The Bertz CT molecular complexity index is 1000. The molecule has 1 amide bonds. The van der Waals surface area contributed by atoms with E-state index in [1.165, 1.54) is 0 Å². The van der Waals surface area contributed by atoms with Gasteiger partial charge in [-0.1, -0.05) is 18.2 Å². The van der Waals surface area contributed by atoms with Crippen LogP contribution in [0.5, 0.6) is 0 Å². The molecule has 0 aliphatic heterocycles. The summed E-state index contributed by atoms with van der Waals surface area (Å²) < 4.78 is 5.44. The van der Waals surface area contributed by atoms with Crippen LogP contribution >= 0.6 is 0 Å². The van der Waals surface area contributed by atoms with Crippen LogP contribution in [0.1, 0.15) is 34.5 Å². The predicted molar refractivity (Wildman–Crippen MR) is 92.4 cm³/mol. The largest absolute Gasteiger partial charge is 0.466 e. The fraction of sp³-hybridized carbons (Fsp3) is 0.278. The van der Waals surface area contributed by atoms with Crippen molar-refractivity contribution < 1.29 is 14.3 Å². The Balaban J connectivity index is 1.85. The summed E-state index contributed by atoms with van der Waals surface area (Å²) in [5.74, 6) is 0.808. The van der Waals surface area contributed by atoms with Gasteiger partial charge in [0.1, 0.15) is 17.1 Å². The molecule has 0 aliphatic rings. The molecule has 0 aliphatic carbocycles. The second kappa shape index (κ2) is 6.18. The number of H-pyrrole nitrogens is 1. The fourth-order valence-corrected chi connectivity index (χ4v) is 2.88. The highest BCUT2D eigenvalue weighted by atomic mass is 16.3. The molecule has 25 heavy (non-hydrogen) atoms. The summed E-state index contributed by atoms with van der Waals surface area (Å²) in [5.41, 5.74) is -0.936. The van der Waals surface area contributed by atoms with E-state index in [1.54, 1.807) is 51.1 Å². The number of amides is 1. The van der Waals surface area contributed by atoms with Gasteiger partial charge in [-0.15, -0.1) is 0 Å². The van der Waals surface area contributed by atoms with Crippen molar-refractivity contribution in [3.8, 4) is 0 Å². The lowest BCUT2D eigenvalue weighted by molar-refractivity contribution is 0.0513. The molecular weight excluding hydrogens is 322 g/mol. The zero-order valence-electron chi connectivity index (χ0n) is 14.2. The normalized spacial score (nSPS) is 13.6. The first kappa shape index (κ1) is 16.9. The lowest BCUT2D eigenvalue weighted by atomic mass is 9.96. The number of carbonyl (C=O) groups excluding carboxylic acids is 1. The number of carbonyl (C=O) groups is 1. The Hall–Kier alpha value is -2.93. The van der Waals surface area contributed by atoms with Crippen molar-refractivity contribution in [2.45, 2.75) is 26.4 Å². The summed E-state index contributed by atoms with van der Waals surface area (Å²) in [6, 6.07) is 8.48. The molecule has 1 unspecified atom stereocenters. The van der Waals surface area contributed by atoms with Crippen molar-refractivity contribution in [1.82, 2.24) is 15.5 Å². The van der Waals surface area contributed by atoms with Crippen molar-refractivity contribution in [1.29, 1.82) is 0 Å².